The van der Waals surface area contributed by atoms with E-state index in [1.165, 1.54) is 0 Å². The number of hydrogen-bond donors (Lipinski definition) is 2. The molecule has 1 unspecified atom stereocenters. The van der Waals surface area contributed by atoms with Gasteiger partial charge in [0.25, 0.3) is 5.91 Å². The van der Waals surface area contributed by atoms with Gasteiger partial charge in [0.1, 0.15) is 11.5 Å². The molecular weight excluding hydrogens is 514 g/mol. The third-order valence-corrected chi connectivity index (χ3v) is 7.82. The summed E-state index contributed by atoms with van der Waals surface area (Å²) in [7, 11) is 0. The van der Waals surface area contributed by atoms with Crippen LogP contribution in [0, 0.1) is 0 Å². The topological polar surface area (TPSA) is 122 Å². The summed E-state index contributed by atoms with van der Waals surface area (Å²) in [4.78, 5) is 33.1. The highest BCUT2D eigenvalue weighted by atomic mass is 35.5. The molecule has 0 spiro atoms. The van der Waals surface area contributed by atoms with E-state index in [-0.39, 0.29) is 29.5 Å². The van der Waals surface area contributed by atoms with Crippen LogP contribution in [0.15, 0.2) is 62.1 Å². The van der Waals surface area contributed by atoms with Crippen LogP contribution < -0.4 is 16.4 Å². The van der Waals surface area contributed by atoms with Crippen molar-refractivity contribution in [3.05, 3.63) is 78.5 Å². The monoisotopic (exact) mass is 547 g/mol. The average Bonchev–Trinajstić information content (AvgIpc) is 3.52. The van der Waals surface area contributed by atoms with Gasteiger partial charge in [-0.15, -0.1) is 6.58 Å². The SMILES string of the molecule is C=CC1CN(c2nc(N)c(C(=C)CN)nc2Cl)CCN1C1CCN(C(=O)c2ccc(-n3cccc3)nc2)CC1. The minimum atomic E-state index is 0.0247. The van der Waals surface area contributed by atoms with Gasteiger partial charge in [0.2, 0.25) is 0 Å². The van der Waals surface area contributed by atoms with Gasteiger partial charge in [-0.1, -0.05) is 24.3 Å². The Balaban J connectivity index is 1.19. The van der Waals surface area contributed by atoms with Crippen LogP contribution in [-0.4, -0.2) is 86.6 Å². The second kappa shape index (κ2) is 11.6. The fraction of sp³-hybridized carbons (Fsp3) is 0.357. The van der Waals surface area contributed by atoms with Crippen LogP contribution in [0.4, 0.5) is 11.6 Å². The molecular formula is C28H34ClN9O. The van der Waals surface area contributed by atoms with Crippen molar-refractivity contribution in [1.82, 2.24) is 29.3 Å². The van der Waals surface area contributed by atoms with Crippen molar-refractivity contribution in [2.24, 2.45) is 5.73 Å². The number of aromatic nitrogens is 4. The first-order valence-electron chi connectivity index (χ1n) is 13.1. The molecule has 0 aliphatic carbocycles. The van der Waals surface area contributed by atoms with E-state index in [1.807, 2.05) is 52.2 Å². The Labute approximate surface area is 233 Å². The Hall–Kier alpha value is -3.73. The number of pyridine rings is 1. The molecule has 0 bridgehead atoms. The minimum absolute atomic E-state index is 0.0247. The second-order valence-corrected chi connectivity index (χ2v) is 10.2. The molecule has 2 aliphatic heterocycles. The van der Waals surface area contributed by atoms with Gasteiger partial charge in [-0.3, -0.25) is 9.69 Å². The molecule has 1 atom stereocenters. The summed E-state index contributed by atoms with van der Waals surface area (Å²) >= 11 is 6.51. The predicted molar refractivity (Wildman–Crippen MR) is 155 cm³/mol. The highest BCUT2D eigenvalue weighted by molar-refractivity contribution is 6.31. The standard InChI is InChI=1S/C28H34ClN9O/c1-3-21-18-37(27-25(29)33-24(19(2)16-30)26(31)34-27)14-15-38(21)22-8-12-36(13-9-22)28(39)20-6-7-23(32-17-20)35-10-4-5-11-35/h3-7,10-11,17,21-22H,1-2,8-9,12-16,18,30H2,(H2,31,34). The number of halogens is 1. The summed E-state index contributed by atoms with van der Waals surface area (Å²) < 4.78 is 1.92. The Bertz CT molecular complexity index is 1330. The van der Waals surface area contributed by atoms with E-state index in [0.29, 0.717) is 48.3 Å². The number of piperazine rings is 1. The van der Waals surface area contributed by atoms with Crippen molar-refractivity contribution < 1.29 is 4.79 Å². The van der Waals surface area contributed by atoms with E-state index in [2.05, 4.69) is 37.9 Å². The highest BCUT2D eigenvalue weighted by Gasteiger charge is 2.35. The molecule has 2 aliphatic rings. The van der Waals surface area contributed by atoms with Gasteiger partial charge in [-0.25, -0.2) is 15.0 Å². The number of amides is 1. The second-order valence-electron chi connectivity index (χ2n) is 9.89. The zero-order chi connectivity index (χ0) is 27.5. The maximum Gasteiger partial charge on any atom is 0.255 e. The summed E-state index contributed by atoms with van der Waals surface area (Å²) in [6.45, 7) is 11.8. The predicted octanol–water partition coefficient (Wildman–Crippen LogP) is 2.85. The number of carbonyl (C=O) groups excluding carboxylic acids is 1. The number of hydrogen-bond acceptors (Lipinski definition) is 8. The molecule has 2 fully saturated rings. The number of nitrogen functional groups attached to an aromatic ring is 1. The van der Waals surface area contributed by atoms with Crippen molar-refractivity contribution in [3.8, 4) is 5.82 Å². The van der Waals surface area contributed by atoms with Gasteiger partial charge in [0.15, 0.2) is 16.8 Å². The minimum Gasteiger partial charge on any atom is -0.382 e. The van der Waals surface area contributed by atoms with Crippen molar-refractivity contribution in [3.63, 3.8) is 0 Å². The lowest BCUT2D eigenvalue weighted by atomic mass is 9.98. The molecule has 4 N–H and O–H groups in total. The van der Waals surface area contributed by atoms with Crippen LogP contribution in [0.25, 0.3) is 11.4 Å². The van der Waals surface area contributed by atoms with E-state index >= 15 is 0 Å². The number of likely N-dealkylation sites (tertiary alicyclic amines) is 1. The Morgan fingerprint density at radius 3 is 2.51 bits per heavy atom. The summed E-state index contributed by atoms with van der Waals surface area (Å²) in [5, 5.41) is 0.285. The molecule has 204 valence electrons. The van der Waals surface area contributed by atoms with Gasteiger partial charge in [0, 0.05) is 69.9 Å². The number of nitrogens with zero attached hydrogens (tertiary/aromatic N) is 7. The van der Waals surface area contributed by atoms with E-state index in [1.54, 1.807) is 6.20 Å². The molecule has 11 heteroatoms. The average molecular weight is 548 g/mol. The first-order valence-corrected chi connectivity index (χ1v) is 13.5. The van der Waals surface area contributed by atoms with Gasteiger partial charge in [-0.2, -0.15) is 0 Å². The van der Waals surface area contributed by atoms with Gasteiger partial charge < -0.3 is 25.8 Å². The Kier molecular flexibility index (Phi) is 7.97. The molecule has 2 saturated heterocycles. The maximum absolute atomic E-state index is 13.1. The van der Waals surface area contributed by atoms with Crippen LogP contribution in [0.3, 0.4) is 0 Å². The van der Waals surface area contributed by atoms with Crippen LogP contribution in [-0.2, 0) is 0 Å². The molecule has 3 aromatic heterocycles. The quantitative estimate of drug-likeness (QED) is 0.433. The number of carbonyl (C=O) groups is 1. The van der Waals surface area contributed by atoms with Crippen LogP contribution in [0.1, 0.15) is 28.9 Å². The normalized spacial score (nSPS) is 18.8. The van der Waals surface area contributed by atoms with Gasteiger partial charge in [0.05, 0.1) is 5.56 Å². The first kappa shape index (κ1) is 26.9. The lowest BCUT2D eigenvalue weighted by Crippen LogP contribution is -2.58. The van der Waals surface area contributed by atoms with Crippen LogP contribution >= 0.6 is 11.6 Å². The summed E-state index contributed by atoms with van der Waals surface area (Å²) in [6, 6.07) is 8.08. The summed E-state index contributed by atoms with van der Waals surface area (Å²) in [5.41, 5.74) is 13.5. The number of anilines is 2. The third-order valence-electron chi connectivity index (χ3n) is 7.56. The third kappa shape index (κ3) is 5.54. The van der Waals surface area contributed by atoms with E-state index in [9.17, 15) is 4.79 Å². The van der Waals surface area contributed by atoms with E-state index < -0.39 is 0 Å². The lowest BCUT2D eigenvalue weighted by molar-refractivity contribution is 0.0557. The van der Waals surface area contributed by atoms with Crippen molar-refractivity contribution in [2.45, 2.75) is 24.9 Å². The summed E-state index contributed by atoms with van der Waals surface area (Å²) in [5.74, 6) is 1.65. The number of rotatable bonds is 7. The highest BCUT2D eigenvalue weighted by Crippen LogP contribution is 2.30. The van der Waals surface area contributed by atoms with Crippen molar-refractivity contribution in [2.75, 3.05) is 49.9 Å². The number of piperidine rings is 1. The molecule has 5 rings (SSSR count). The van der Waals surface area contributed by atoms with E-state index in [0.717, 1.165) is 31.7 Å². The van der Waals surface area contributed by atoms with Gasteiger partial charge >= 0.3 is 0 Å². The Morgan fingerprint density at radius 2 is 1.87 bits per heavy atom. The largest absolute Gasteiger partial charge is 0.382 e. The maximum atomic E-state index is 13.1. The first-order chi connectivity index (χ1) is 18.9. The molecule has 3 aromatic rings. The molecule has 0 saturated carbocycles. The lowest BCUT2D eigenvalue weighted by Gasteiger charge is -2.47. The number of nitrogens with two attached hydrogens (primary N) is 2. The fourth-order valence-corrected chi connectivity index (χ4v) is 5.64. The molecule has 1 amide bonds. The van der Waals surface area contributed by atoms with Crippen LogP contribution in [0.5, 0.6) is 0 Å². The zero-order valence-electron chi connectivity index (χ0n) is 21.9. The fourth-order valence-electron chi connectivity index (χ4n) is 5.39. The molecule has 0 aromatic carbocycles. The van der Waals surface area contributed by atoms with Crippen LogP contribution in [0.2, 0.25) is 5.15 Å². The molecule has 5 heterocycles. The summed E-state index contributed by atoms with van der Waals surface area (Å²) in [6.07, 6.45) is 9.28. The molecule has 39 heavy (non-hydrogen) atoms. The molecule has 0 radical (unpaired) electrons. The zero-order valence-corrected chi connectivity index (χ0v) is 22.7. The smallest absolute Gasteiger partial charge is 0.255 e. The van der Waals surface area contributed by atoms with E-state index in [4.69, 9.17) is 23.1 Å². The van der Waals surface area contributed by atoms with Crippen molar-refractivity contribution in [1.29, 1.82) is 0 Å². The molecule has 10 nitrogen and oxygen atoms in total. The Morgan fingerprint density at radius 1 is 1.13 bits per heavy atom. The van der Waals surface area contributed by atoms with Gasteiger partial charge in [-0.05, 0) is 42.7 Å². The van der Waals surface area contributed by atoms with Crippen molar-refractivity contribution >= 4 is 34.7 Å².